The van der Waals surface area contributed by atoms with Crippen LogP contribution in [0.3, 0.4) is 0 Å². The van der Waals surface area contributed by atoms with Gasteiger partial charge in [0, 0.05) is 18.3 Å². The van der Waals surface area contributed by atoms with E-state index in [1.54, 1.807) is 6.26 Å². The first-order valence-corrected chi connectivity index (χ1v) is 10.7. The van der Waals surface area contributed by atoms with Gasteiger partial charge in [-0.05, 0) is 18.4 Å². The van der Waals surface area contributed by atoms with Crippen LogP contribution in [0.25, 0.3) is 0 Å². The van der Waals surface area contributed by atoms with Gasteiger partial charge in [0.1, 0.15) is 18.1 Å². The quantitative estimate of drug-likeness (QED) is 0.137. The summed E-state index contributed by atoms with van der Waals surface area (Å²) in [4.78, 5) is 54.8. The van der Waals surface area contributed by atoms with Crippen LogP contribution in [-0.4, -0.2) is 98.4 Å². The highest BCUT2D eigenvalue weighted by molar-refractivity contribution is 7.98. The highest BCUT2D eigenvalue weighted by Gasteiger charge is 2.29. The molecule has 0 aliphatic heterocycles. The highest BCUT2D eigenvalue weighted by Crippen LogP contribution is 2.03. The Hall–Kier alpha value is -2.68. The number of nitrogens with zero attached hydrogens (tertiary/aromatic N) is 1. The van der Waals surface area contributed by atoms with E-state index in [4.69, 9.17) is 15.9 Å². The van der Waals surface area contributed by atoms with Crippen LogP contribution in [0.4, 0.5) is 0 Å². The normalized spacial score (nSPS) is 14.7. The van der Waals surface area contributed by atoms with Crippen molar-refractivity contribution >= 4 is 35.5 Å². The van der Waals surface area contributed by atoms with E-state index in [1.807, 2.05) is 0 Å². The summed E-state index contributed by atoms with van der Waals surface area (Å²) in [7, 11) is 0. The third-order valence-electron chi connectivity index (χ3n) is 4.19. The summed E-state index contributed by atoms with van der Waals surface area (Å²) >= 11 is 1.40. The topological polar surface area (TPSA) is 220 Å². The van der Waals surface area contributed by atoms with Gasteiger partial charge in [0.25, 0.3) is 0 Å². The van der Waals surface area contributed by atoms with Crippen molar-refractivity contribution in [2.24, 2.45) is 5.73 Å². The molecule has 0 bridgehead atoms. The van der Waals surface area contributed by atoms with Gasteiger partial charge in [0.05, 0.1) is 25.6 Å². The third-order valence-corrected chi connectivity index (χ3v) is 4.83. The van der Waals surface area contributed by atoms with Crippen molar-refractivity contribution in [3.05, 3.63) is 18.2 Å². The van der Waals surface area contributed by atoms with Gasteiger partial charge >= 0.3 is 5.97 Å². The number of rotatable bonds is 14. The number of aliphatic hydroxyl groups is 2. The first-order valence-electron chi connectivity index (χ1n) is 9.30. The van der Waals surface area contributed by atoms with Crippen LogP contribution in [0.15, 0.2) is 12.5 Å². The van der Waals surface area contributed by atoms with Crippen molar-refractivity contribution in [1.82, 2.24) is 25.9 Å². The molecule has 9 N–H and O–H groups in total. The lowest BCUT2D eigenvalue weighted by Crippen LogP contribution is -2.58. The van der Waals surface area contributed by atoms with Crippen molar-refractivity contribution in [2.45, 2.75) is 37.0 Å². The van der Waals surface area contributed by atoms with Gasteiger partial charge in [-0.1, -0.05) is 0 Å². The summed E-state index contributed by atoms with van der Waals surface area (Å²) in [6.45, 7) is -1.58. The molecule has 0 radical (unpaired) electrons. The largest absolute Gasteiger partial charge is 0.480 e. The Kier molecular flexibility index (Phi) is 11.6. The highest BCUT2D eigenvalue weighted by atomic mass is 32.2. The number of hydrogen-bond donors (Lipinski definition) is 8. The number of carbonyl (C=O) groups excluding carboxylic acids is 3. The van der Waals surface area contributed by atoms with Gasteiger partial charge in [-0.3, -0.25) is 14.4 Å². The van der Waals surface area contributed by atoms with Crippen LogP contribution in [-0.2, 0) is 25.6 Å². The fraction of sp³-hybridized carbons (Fsp3) is 0.588. The zero-order valence-corrected chi connectivity index (χ0v) is 17.7. The average molecular weight is 461 g/mol. The molecule has 31 heavy (non-hydrogen) atoms. The molecule has 13 nitrogen and oxygen atoms in total. The number of imidazole rings is 1. The maximum absolute atomic E-state index is 12.5. The minimum Gasteiger partial charge on any atom is -0.480 e. The van der Waals surface area contributed by atoms with Crippen molar-refractivity contribution < 1.29 is 34.5 Å². The average Bonchev–Trinajstić information content (AvgIpc) is 3.25. The molecule has 0 fully saturated rings. The SMILES string of the molecule is CSCCC(NC(=O)C(CO)NC(=O)C(N)Cc1cnc[nH]1)C(=O)NC(CO)C(=O)O. The first-order chi connectivity index (χ1) is 14.7. The summed E-state index contributed by atoms with van der Waals surface area (Å²) < 4.78 is 0. The fourth-order valence-corrected chi connectivity index (χ4v) is 2.90. The summed E-state index contributed by atoms with van der Waals surface area (Å²) in [5, 5.41) is 34.4. The molecule has 4 atom stereocenters. The first kappa shape index (κ1) is 26.4. The molecular weight excluding hydrogens is 432 g/mol. The van der Waals surface area contributed by atoms with Crippen molar-refractivity contribution in [3.63, 3.8) is 0 Å². The second kappa shape index (κ2) is 13.6. The Labute approximate surface area is 182 Å². The Morgan fingerprint density at radius 1 is 1.06 bits per heavy atom. The number of aromatic nitrogens is 2. The van der Waals surface area contributed by atoms with Gasteiger partial charge in [-0.15, -0.1) is 0 Å². The van der Waals surface area contributed by atoms with Crippen molar-refractivity contribution in [3.8, 4) is 0 Å². The minimum atomic E-state index is -1.53. The van der Waals surface area contributed by atoms with E-state index in [0.717, 1.165) is 0 Å². The lowest BCUT2D eigenvalue weighted by atomic mass is 10.1. The van der Waals surface area contributed by atoms with E-state index in [9.17, 15) is 24.3 Å². The van der Waals surface area contributed by atoms with Gasteiger partial charge in [-0.2, -0.15) is 11.8 Å². The number of carboxylic acid groups (broad SMARTS) is 1. The summed E-state index contributed by atoms with van der Waals surface area (Å²) in [5.74, 6) is -3.33. The molecule has 0 aromatic carbocycles. The van der Waals surface area contributed by atoms with Crippen LogP contribution >= 0.6 is 11.8 Å². The lowest BCUT2D eigenvalue weighted by molar-refractivity contribution is -0.143. The molecule has 174 valence electrons. The standard InChI is InChI=1S/C17H28N6O7S/c1-31-3-2-11(15(27)23-13(7-25)17(29)30)21-16(28)12(6-24)22-14(26)10(18)4-9-5-19-8-20-9/h5,8,10-13,24-25H,2-4,6-7,18H2,1H3,(H,19,20)(H,21,28)(H,22,26)(H,23,27)(H,29,30). The molecule has 0 saturated heterocycles. The summed E-state index contributed by atoms with van der Waals surface area (Å²) in [5.41, 5.74) is 6.42. The van der Waals surface area contributed by atoms with E-state index in [-0.39, 0.29) is 12.8 Å². The van der Waals surface area contributed by atoms with Crippen molar-refractivity contribution in [1.29, 1.82) is 0 Å². The molecule has 1 aromatic heterocycles. The van der Waals surface area contributed by atoms with Crippen molar-refractivity contribution in [2.75, 3.05) is 25.2 Å². The monoisotopic (exact) mass is 460 g/mol. The van der Waals surface area contributed by atoms with Crippen LogP contribution in [0.1, 0.15) is 12.1 Å². The lowest BCUT2D eigenvalue weighted by Gasteiger charge is -2.24. The second-order valence-electron chi connectivity index (χ2n) is 6.56. The molecule has 3 amide bonds. The van der Waals surface area contributed by atoms with E-state index in [0.29, 0.717) is 11.4 Å². The predicted octanol–water partition coefficient (Wildman–Crippen LogP) is -3.44. The molecule has 0 saturated carbocycles. The predicted molar refractivity (Wildman–Crippen MR) is 111 cm³/mol. The zero-order chi connectivity index (χ0) is 23.4. The maximum Gasteiger partial charge on any atom is 0.328 e. The van der Waals surface area contributed by atoms with Gasteiger partial charge < -0.3 is 42.0 Å². The smallest absolute Gasteiger partial charge is 0.328 e. The number of nitrogens with one attached hydrogen (secondary N) is 4. The number of hydrogen-bond acceptors (Lipinski definition) is 9. The zero-order valence-electron chi connectivity index (χ0n) is 16.9. The number of H-pyrrole nitrogens is 1. The van der Waals surface area contributed by atoms with Crippen LogP contribution in [0.2, 0.25) is 0 Å². The van der Waals surface area contributed by atoms with E-state index < -0.39 is 61.1 Å². The number of carboxylic acids is 1. The Morgan fingerprint density at radius 3 is 2.16 bits per heavy atom. The summed E-state index contributed by atoms with van der Waals surface area (Å²) in [6.07, 6.45) is 4.98. The molecule has 0 spiro atoms. The summed E-state index contributed by atoms with van der Waals surface area (Å²) in [6, 6.07) is -5.07. The van der Waals surface area contributed by atoms with Gasteiger partial charge in [0.15, 0.2) is 0 Å². The second-order valence-corrected chi connectivity index (χ2v) is 7.54. The maximum atomic E-state index is 12.5. The molecule has 0 aliphatic carbocycles. The Bertz CT molecular complexity index is 733. The molecule has 1 aromatic rings. The number of amides is 3. The fourth-order valence-electron chi connectivity index (χ4n) is 2.43. The molecule has 1 rings (SSSR count). The number of aliphatic carboxylic acids is 1. The molecular formula is C17H28N6O7S. The Morgan fingerprint density at radius 2 is 1.65 bits per heavy atom. The number of aromatic amines is 1. The van der Waals surface area contributed by atoms with Gasteiger partial charge in [-0.25, -0.2) is 9.78 Å². The van der Waals surface area contributed by atoms with Gasteiger partial charge in [0.2, 0.25) is 17.7 Å². The van der Waals surface area contributed by atoms with Crippen LogP contribution in [0.5, 0.6) is 0 Å². The third kappa shape index (κ3) is 8.92. The number of aliphatic hydroxyl groups excluding tert-OH is 2. The minimum absolute atomic E-state index is 0.127. The molecule has 14 heteroatoms. The Balaban J connectivity index is 2.75. The van der Waals surface area contributed by atoms with E-state index in [2.05, 4.69) is 25.9 Å². The number of nitrogens with two attached hydrogens (primary N) is 1. The van der Waals surface area contributed by atoms with E-state index in [1.165, 1.54) is 24.3 Å². The van der Waals surface area contributed by atoms with Crippen LogP contribution in [0, 0.1) is 0 Å². The number of carbonyl (C=O) groups is 4. The molecule has 0 aliphatic rings. The molecule has 1 heterocycles. The molecule has 4 unspecified atom stereocenters. The van der Waals surface area contributed by atoms with Crippen LogP contribution < -0.4 is 21.7 Å². The van der Waals surface area contributed by atoms with E-state index >= 15 is 0 Å². The number of thioether (sulfide) groups is 1.